The normalized spacial score (nSPS) is 10.4. The lowest BCUT2D eigenvalue weighted by Gasteiger charge is -2.09. The Kier molecular flexibility index (Phi) is 6.75. The van der Waals surface area contributed by atoms with E-state index in [0.717, 1.165) is 0 Å². The number of nitrogens with one attached hydrogen (secondary N) is 1. The van der Waals surface area contributed by atoms with Crippen LogP contribution >= 0.6 is 11.3 Å². The van der Waals surface area contributed by atoms with E-state index in [1.54, 1.807) is 24.6 Å². The summed E-state index contributed by atoms with van der Waals surface area (Å²) < 4.78 is 10.9. The van der Waals surface area contributed by atoms with E-state index in [2.05, 4.69) is 10.3 Å². The Morgan fingerprint density at radius 1 is 1.21 bits per heavy atom. The number of nitrogens with zero attached hydrogens (tertiary/aromatic N) is 2. The van der Waals surface area contributed by atoms with Gasteiger partial charge in [-0.3, -0.25) is 14.9 Å². The minimum Gasteiger partial charge on any atom is -0.493 e. The van der Waals surface area contributed by atoms with Crippen LogP contribution in [0.3, 0.4) is 0 Å². The quantitative estimate of drug-likeness (QED) is 0.314. The number of ether oxygens (including phenoxy) is 2. The molecule has 0 unspecified atom stereocenters. The van der Waals surface area contributed by atoms with Crippen LogP contribution in [-0.2, 0) is 4.79 Å². The largest absolute Gasteiger partial charge is 0.493 e. The van der Waals surface area contributed by atoms with Gasteiger partial charge in [0.2, 0.25) is 5.91 Å². The number of rotatable bonds is 9. The number of para-hydroxylation sites is 2. The molecule has 3 aromatic rings. The smallest absolute Gasteiger partial charge is 0.270 e. The number of benzene rings is 2. The van der Waals surface area contributed by atoms with Gasteiger partial charge in [-0.15, -0.1) is 11.3 Å². The van der Waals surface area contributed by atoms with Crippen LogP contribution in [0.2, 0.25) is 0 Å². The molecule has 150 valence electrons. The standard InChI is InChI=1S/C20H19N3O5S/c1-27-17-8-2-3-9-18(17)28-11-5-10-19(24)22-20-21-16(13-29-20)14-6-4-7-15(12-14)23(25)26/h2-4,6-9,12-13H,5,10-11H2,1H3,(H,21,22,24). The van der Waals surface area contributed by atoms with Gasteiger partial charge in [-0.2, -0.15) is 0 Å². The number of hydrogen-bond donors (Lipinski definition) is 1. The number of nitro groups is 1. The van der Waals surface area contributed by atoms with Crippen LogP contribution < -0.4 is 14.8 Å². The maximum Gasteiger partial charge on any atom is 0.270 e. The molecule has 8 nitrogen and oxygen atoms in total. The maximum absolute atomic E-state index is 12.1. The first kappa shape index (κ1) is 20.3. The average Bonchev–Trinajstić information content (AvgIpc) is 3.20. The molecule has 2 aromatic carbocycles. The highest BCUT2D eigenvalue weighted by molar-refractivity contribution is 7.14. The third kappa shape index (κ3) is 5.52. The Bertz CT molecular complexity index is 1010. The average molecular weight is 413 g/mol. The van der Waals surface area contributed by atoms with Crippen molar-refractivity contribution in [1.82, 2.24) is 4.98 Å². The lowest BCUT2D eigenvalue weighted by Crippen LogP contribution is -2.12. The van der Waals surface area contributed by atoms with Crippen molar-refractivity contribution in [2.75, 3.05) is 19.0 Å². The minimum absolute atomic E-state index is 0.00358. The van der Waals surface area contributed by atoms with Gasteiger partial charge in [0.15, 0.2) is 16.6 Å². The Morgan fingerprint density at radius 3 is 2.76 bits per heavy atom. The lowest BCUT2D eigenvalue weighted by atomic mass is 10.1. The lowest BCUT2D eigenvalue weighted by molar-refractivity contribution is -0.384. The molecule has 0 radical (unpaired) electrons. The van der Waals surface area contributed by atoms with E-state index in [1.165, 1.54) is 23.5 Å². The summed E-state index contributed by atoms with van der Waals surface area (Å²) in [6, 6.07) is 13.5. The van der Waals surface area contributed by atoms with E-state index < -0.39 is 4.92 Å². The molecule has 1 amide bonds. The second-order valence-corrected chi connectivity index (χ2v) is 6.85. The van der Waals surface area contributed by atoms with Gasteiger partial charge in [-0.25, -0.2) is 4.98 Å². The summed E-state index contributed by atoms with van der Waals surface area (Å²) in [7, 11) is 1.57. The fourth-order valence-corrected chi connectivity index (χ4v) is 3.31. The van der Waals surface area contributed by atoms with Crippen molar-refractivity contribution < 1.29 is 19.2 Å². The zero-order valence-electron chi connectivity index (χ0n) is 15.7. The first-order chi connectivity index (χ1) is 14.1. The van der Waals surface area contributed by atoms with Gasteiger partial charge in [-0.1, -0.05) is 24.3 Å². The third-order valence-electron chi connectivity index (χ3n) is 3.98. The van der Waals surface area contributed by atoms with Crippen LogP contribution in [0.1, 0.15) is 12.8 Å². The summed E-state index contributed by atoms with van der Waals surface area (Å²) in [5.74, 6) is 1.11. The number of carbonyl (C=O) groups excluding carboxylic acids is 1. The summed E-state index contributed by atoms with van der Waals surface area (Å²) in [5, 5.41) is 15.8. The molecule has 0 spiro atoms. The van der Waals surface area contributed by atoms with Crippen molar-refractivity contribution in [3.05, 3.63) is 64.0 Å². The van der Waals surface area contributed by atoms with Crippen LogP contribution in [0.25, 0.3) is 11.3 Å². The first-order valence-corrected chi connectivity index (χ1v) is 9.71. The number of thiazole rings is 1. The fourth-order valence-electron chi connectivity index (χ4n) is 2.58. The topological polar surface area (TPSA) is 104 Å². The number of carbonyl (C=O) groups is 1. The molecule has 0 aliphatic carbocycles. The number of nitro benzene ring substituents is 1. The molecule has 0 atom stereocenters. The Morgan fingerprint density at radius 2 is 2.00 bits per heavy atom. The van der Waals surface area contributed by atoms with E-state index in [1.807, 2.05) is 24.3 Å². The summed E-state index contributed by atoms with van der Waals surface area (Å²) in [4.78, 5) is 26.9. The number of amides is 1. The van der Waals surface area contributed by atoms with Crippen LogP contribution in [0, 0.1) is 10.1 Å². The van der Waals surface area contributed by atoms with Crippen molar-refractivity contribution >= 4 is 28.1 Å². The molecule has 1 N–H and O–H groups in total. The van der Waals surface area contributed by atoms with Crippen molar-refractivity contribution in [3.8, 4) is 22.8 Å². The SMILES string of the molecule is COc1ccccc1OCCCC(=O)Nc1nc(-c2cccc([N+](=O)[O-])c2)cs1. The van der Waals surface area contributed by atoms with Gasteiger partial charge in [0.05, 0.1) is 24.3 Å². The summed E-state index contributed by atoms with van der Waals surface area (Å²) in [6.45, 7) is 0.380. The molecule has 9 heteroatoms. The highest BCUT2D eigenvalue weighted by atomic mass is 32.1. The van der Waals surface area contributed by atoms with Crippen LogP contribution in [-0.4, -0.2) is 29.5 Å². The molecule has 3 rings (SSSR count). The van der Waals surface area contributed by atoms with E-state index in [4.69, 9.17) is 9.47 Å². The minimum atomic E-state index is -0.453. The zero-order chi connectivity index (χ0) is 20.6. The van der Waals surface area contributed by atoms with Gasteiger partial charge >= 0.3 is 0 Å². The molecule has 1 aromatic heterocycles. The molecule has 0 saturated heterocycles. The molecule has 1 heterocycles. The molecule has 0 saturated carbocycles. The van der Waals surface area contributed by atoms with Gasteiger partial charge in [0, 0.05) is 29.5 Å². The maximum atomic E-state index is 12.1. The van der Waals surface area contributed by atoms with E-state index in [0.29, 0.717) is 40.9 Å². The number of methoxy groups -OCH3 is 1. The molecule has 29 heavy (non-hydrogen) atoms. The summed E-state index contributed by atoms with van der Waals surface area (Å²) in [6.07, 6.45) is 0.813. The highest BCUT2D eigenvalue weighted by Gasteiger charge is 2.11. The monoisotopic (exact) mass is 413 g/mol. The van der Waals surface area contributed by atoms with Crippen molar-refractivity contribution in [1.29, 1.82) is 0 Å². The Balaban J connectivity index is 1.49. The zero-order valence-corrected chi connectivity index (χ0v) is 16.5. The second-order valence-electron chi connectivity index (χ2n) is 6.00. The first-order valence-electron chi connectivity index (χ1n) is 8.83. The van der Waals surface area contributed by atoms with Gasteiger partial charge in [0.25, 0.3) is 5.69 Å². The summed E-state index contributed by atoms with van der Waals surface area (Å²) >= 11 is 1.27. The van der Waals surface area contributed by atoms with E-state index in [-0.39, 0.29) is 18.0 Å². The summed E-state index contributed by atoms with van der Waals surface area (Å²) in [5.41, 5.74) is 1.20. The third-order valence-corrected chi connectivity index (χ3v) is 4.74. The highest BCUT2D eigenvalue weighted by Crippen LogP contribution is 2.28. The van der Waals surface area contributed by atoms with Crippen molar-refractivity contribution in [2.24, 2.45) is 0 Å². The second kappa shape index (κ2) is 9.65. The molecular weight excluding hydrogens is 394 g/mol. The number of anilines is 1. The fraction of sp³-hybridized carbons (Fsp3) is 0.200. The Hall–Kier alpha value is -3.46. The molecule has 0 aliphatic heterocycles. The van der Waals surface area contributed by atoms with Gasteiger partial charge < -0.3 is 14.8 Å². The number of non-ortho nitro benzene ring substituents is 1. The predicted octanol–water partition coefficient (Wildman–Crippen LogP) is 4.52. The Labute approximate surface area is 171 Å². The van der Waals surface area contributed by atoms with Crippen LogP contribution in [0.5, 0.6) is 11.5 Å². The van der Waals surface area contributed by atoms with Crippen LogP contribution in [0.4, 0.5) is 10.8 Å². The van der Waals surface area contributed by atoms with E-state index >= 15 is 0 Å². The predicted molar refractivity (Wildman–Crippen MR) is 111 cm³/mol. The molecule has 0 fully saturated rings. The van der Waals surface area contributed by atoms with Crippen LogP contribution in [0.15, 0.2) is 53.9 Å². The molecule has 0 aliphatic rings. The molecule has 0 bridgehead atoms. The van der Waals surface area contributed by atoms with Crippen molar-refractivity contribution in [3.63, 3.8) is 0 Å². The van der Waals surface area contributed by atoms with E-state index in [9.17, 15) is 14.9 Å². The van der Waals surface area contributed by atoms with Gasteiger partial charge in [0.1, 0.15) is 0 Å². The van der Waals surface area contributed by atoms with Gasteiger partial charge in [-0.05, 0) is 18.6 Å². The number of aromatic nitrogens is 1. The number of hydrogen-bond acceptors (Lipinski definition) is 7. The molecular formula is C20H19N3O5S. The van der Waals surface area contributed by atoms with Crippen molar-refractivity contribution in [2.45, 2.75) is 12.8 Å².